The molecule has 608 valence electrons. The average molecular weight is 1570 g/mol. The summed E-state index contributed by atoms with van der Waals surface area (Å²) in [5, 5.41) is 69.5. The molecule has 1 saturated heterocycles. The Morgan fingerprint density at radius 1 is 0.664 bits per heavy atom. The number of carbonyl (C=O) groups is 14. The molecule has 0 radical (unpaired) electrons. The zero-order chi connectivity index (χ0) is 82.6. The number of aliphatic carboxylic acids is 1. The van der Waals surface area contributed by atoms with E-state index in [1.807, 2.05) is 48.5 Å². The van der Waals surface area contributed by atoms with E-state index in [1.54, 1.807) is 64.1 Å². The van der Waals surface area contributed by atoms with Gasteiger partial charge >= 0.3 is 12.1 Å². The van der Waals surface area contributed by atoms with Crippen LogP contribution in [0.5, 0.6) is 0 Å². The lowest BCUT2D eigenvalue weighted by atomic mass is 9.98. The summed E-state index contributed by atoms with van der Waals surface area (Å²) in [7, 11) is 0. The van der Waals surface area contributed by atoms with E-state index in [4.69, 9.17) is 32.8 Å². The topological polar surface area (TPSA) is 590 Å². The number of nitrogens with two attached hydrogens (primary N) is 3. The number of H-pyrrole nitrogens is 1. The predicted octanol–water partition coefficient (Wildman–Crippen LogP) is -1.74. The van der Waals surface area contributed by atoms with Crippen LogP contribution in [0.25, 0.3) is 22.0 Å². The summed E-state index contributed by atoms with van der Waals surface area (Å²) in [4.78, 5) is 203. The Bertz CT molecular complexity index is 4210. The number of aromatic nitrogens is 1. The van der Waals surface area contributed by atoms with Gasteiger partial charge in [-0.25, -0.2) is 4.79 Å². The van der Waals surface area contributed by atoms with E-state index >= 15 is 9.59 Å². The maximum absolute atomic E-state index is 15.1. The van der Waals surface area contributed by atoms with E-state index in [2.05, 4.69) is 74.1 Å². The number of aliphatic hydroxyl groups is 1. The number of carboxylic acids is 1. The number of alkyl carbamates (subject to hydrolysis) is 1. The van der Waals surface area contributed by atoms with E-state index in [1.165, 1.54) is 19.1 Å². The number of benzene rings is 3. The highest BCUT2D eigenvalue weighted by Gasteiger charge is 2.42. The van der Waals surface area contributed by atoms with Crippen molar-refractivity contribution in [2.45, 2.75) is 178 Å². The Balaban J connectivity index is 1.24. The molecule has 3 aliphatic rings. The average Bonchev–Trinajstić information content (AvgIpc) is 1.61. The molecule has 1 aliphatic carbocycles. The number of allylic oxidation sites excluding steroid dienone is 2. The standard InChI is InChI=1S/C76H102N20O17/c1-40(2)27-29-51(63(77)101)88-67(105)54(24-13-31-82-74(78)79)90-70(108)57(35-44-34-43-16-6-11-21-50(43)86-44)93-64(102)42(5)85-65(103)53-23-12-22-52(87-61(98)37-84-76(112)113-39-49-47-19-9-7-17-45(47)46-18-8-10-20-48(46)49)66(104)91-56(30-28-41(3)4)69(107)95-59(38-97)71(109)94-58(36-62(99)100)73(111)96-33-15-26-60(96)72(110)92-55(68(106)89-53)25-14-32-83-75(80)81/h6-12,16-22,27-28,34,42,49,51-60,86,97H,13-15,23-26,29-33,35-39H2,1-5H3,(H2,77,101)(H,84,112)(H,85,103)(H,87,98)(H,88,105)(H,89,106)(H,90,108)(H,91,104)(H,92,110)(H,93,102)(H,94,109)(H,95,107)(H,99,100)(H4,78,79,82)(H4,80,81,83)/t42-,51-,52-,53-,54-,55-,56-,57-,58-,59-,60?/m0/s1. The Labute approximate surface area is 651 Å². The van der Waals surface area contributed by atoms with Crippen molar-refractivity contribution in [2.75, 3.05) is 39.4 Å². The minimum Gasteiger partial charge on any atom is -0.481 e. The third kappa shape index (κ3) is 26.5. The van der Waals surface area contributed by atoms with Gasteiger partial charge in [0.1, 0.15) is 79.6 Å². The van der Waals surface area contributed by atoms with Crippen molar-refractivity contribution >= 4 is 106 Å². The number of carbonyl (C=O) groups excluding carboxylic acids is 13. The summed E-state index contributed by atoms with van der Waals surface area (Å²) in [6.07, 6.45) is 2.04. The zero-order valence-electron chi connectivity index (χ0n) is 63.5. The fourth-order valence-electron chi connectivity index (χ4n) is 12.9. The van der Waals surface area contributed by atoms with Gasteiger partial charge in [0.15, 0.2) is 11.9 Å². The highest BCUT2D eigenvalue weighted by molar-refractivity contribution is 6.01. The van der Waals surface area contributed by atoms with Gasteiger partial charge in [-0.15, -0.1) is 0 Å². The van der Waals surface area contributed by atoms with Gasteiger partial charge in [-0.05, 0) is 132 Å². The second-order valence-corrected chi connectivity index (χ2v) is 28.1. The van der Waals surface area contributed by atoms with Crippen LogP contribution in [-0.4, -0.2) is 221 Å². The fourth-order valence-corrected chi connectivity index (χ4v) is 12.9. The first kappa shape index (κ1) is 87.5. The molecule has 113 heavy (non-hydrogen) atoms. The molecule has 0 bridgehead atoms. The number of aromatic amines is 1. The SMILES string of the molecule is CC(C)=CC[C@H](NC(=O)[C@H](CCCNC(=N)N)NC(=O)[C@H](Cc1cc2ccccc2[nH]1)NC(=O)[C@H](C)NC(=O)[C@@H]1CC=C[C@H](NC(=O)CNC(=O)OCC2c3ccccc3-c3ccccc32)C(=O)N[C@@H](CC=C(C)C)C(=O)N[C@@H](CO)C(=O)N[C@@H](CC(=O)O)C(=O)N2CCCC2C(=O)N[C@@H](CCCNC(=N)N)C(=O)N1)C(N)=O. The summed E-state index contributed by atoms with van der Waals surface area (Å²) in [6.45, 7) is 5.88. The molecule has 1 unspecified atom stereocenters. The van der Waals surface area contributed by atoms with Gasteiger partial charge in [0.25, 0.3) is 0 Å². The molecule has 0 saturated carbocycles. The van der Waals surface area contributed by atoms with Crippen LogP contribution in [0.4, 0.5) is 4.79 Å². The molecule has 3 aromatic carbocycles. The van der Waals surface area contributed by atoms with Crippen molar-refractivity contribution < 1.29 is 82.1 Å². The molecule has 0 spiro atoms. The van der Waals surface area contributed by atoms with Crippen LogP contribution in [-0.2, 0) is 73.5 Å². The number of rotatable bonds is 31. The van der Waals surface area contributed by atoms with Gasteiger partial charge in [-0.3, -0.25) is 73.1 Å². The summed E-state index contributed by atoms with van der Waals surface area (Å²) in [5.41, 5.74) is 23.0. The summed E-state index contributed by atoms with van der Waals surface area (Å²) in [6, 6.07) is 6.01. The van der Waals surface area contributed by atoms with Gasteiger partial charge in [0.2, 0.25) is 70.9 Å². The van der Waals surface area contributed by atoms with Crippen LogP contribution in [0, 0.1) is 10.8 Å². The van der Waals surface area contributed by atoms with Crippen molar-refractivity contribution in [2.24, 2.45) is 17.2 Å². The second kappa shape index (κ2) is 42.5. The molecule has 37 heteroatoms. The first-order valence-electron chi connectivity index (χ1n) is 37.0. The molecule has 7 rings (SSSR count). The molecule has 24 N–H and O–H groups in total. The van der Waals surface area contributed by atoms with E-state index in [0.29, 0.717) is 16.8 Å². The predicted molar refractivity (Wildman–Crippen MR) is 413 cm³/mol. The van der Waals surface area contributed by atoms with E-state index in [-0.39, 0.29) is 95.9 Å². The summed E-state index contributed by atoms with van der Waals surface area (Å²) >= 11 is 0. The number of amides is 13. The van der Waals surface area contributed by atoms with Crippen molar-refractivity contribution in [3.63, 3.8) is 0 Å². The van der Waals surface area contributed by atoms with Gasteiger partial charge in [-0.1, -0.05) is 102 Å². The molecule has 13 amide bonds. The quantitative estimate of drug-likeness (QED) is 0.0115. The van der Waals surface area contributed by atoms with Crippen LogP contribution in [0.15, 0.2) is 114 Å². The number of carboxylic acid groups (broad SMARTS) is 1. The molecule has 1 fully saturated rings. The minimum atomic E-state index is -1.93. The molecule has 1 aromatic heterocycles. The number of nitrogens with one attached hydrogen (secondary N) is 16. The van der Waals surface area contributed by atoms with Crippen LogP contribution in [0.2, 0.25) is 0 Å². The minimum absolute atomic E-state index is 0.00429. The van der Waals surface area contributed by atoms with Gasteiger partial charge < -0.3 is 111 Å². The normalized spacial score (nSPS) is 19.8. The number of guanidine groups is 2. The Hall–Kier alpha value is -12.7. The van der Waals surface area contributed by atoms with Crippen LogP contribution in [0.3, 0.4) is 0 Å². The number of nitrogens with zero attached hydrogens (tertiary/aromatic N) is 1. The number of hydrogen-bond donors (Lipinski definition) is 21. The lowest BCUT2D eigenvalue weighted by molar-refractivity contribution is -0.146. The Morgan fingerprint density at radius 2 is 1.25 bits per heavy atom. The van der Waals surface area contributed by atoms with E-state index < -0.39 is 181 Å². The maximum Gasteiger partial charge on any atom is 0.407 e. The monoisotopic (exact) mass is 1570 g/mol. The van der Waals surface area contributed by atoms with E-state index in [9.17, 15) is 67.7 Å². The van der Waals surface area contributed by atoms with Crippen molar-refractivity contribution in [3.8, 4) is 11.1 Å². The van der Waals surface area contributed by atoms with Crippen LogP contribution < -0.4 is 86.3 Å². The third-order valence-corrected chi connectivity index (χ3v) is 18.8. The number of para-hydroxylation sites is 1. The number of hydrogen-bond acceptors (Lipinski definition) is 18. The molecule has 37 nitrogen and oxygen atoms in total. The smallest absolute Gasteiger partial charge is 0.407 e. The van der Waals surface area contributed by atoms with Crippen molar-refractivity contribution in [1.82, 2.24) is 79.0 Å². The number of aliphatic hydroxyl groups excluding tert-OH is 1. The third-order valence-electron chi connectivity index (χ3n) is 18.8. The van der Waals surface area contributed by atoms with Crippen LogP contribution >= 0.6 is 0 Å². The molecule has 11 atom stereocenters. The summed E-state index contributed by atoms with van der Waals surface area (Å²) in [5.74, 6) is -15.2. The Kier molecular flexibility index (Phi) is 32.9. The molecule has 2 aliphatic heterocycles. The van der Waals surface area contributed by atoms with Gasteiger partial charge in [-0.2, -0.15) is 0 Å². The van der Waals surface area contributed by atoms with Gasteiger partial charge in [0, 0.05) is 43.2 Å². The van der Waals surface area contributed by atoms with Crippen LogP contribution in [0.1, 0.15) is 122 Å². The number of primary amides is 1. The molecular formula is C76H102N20O17. The first-order chi connectivity index (χ1) is 53.8. The highest BCUT2D eigenvalue weighted by Crippen LogP contribution is 2.44. The number of ether oxygens (including phenoxy) is 1. The molecular weight excluding hydrogens is 1460 g/mol. The largest absolute Gasteiger partial charge is 0.481 e. The lowest BCUT2D eigenvalue weighted by Gasteiger charge is -2.30. The molecule has 3 heterocycles. The fraction of sp³-hybridized carbons (Fsp3) is 0.447. The van der Waals surface area contributed by atoms with Crippen molar-refractivity contribution in [1.29, 1.82) is 10.8 Å². The van der Waals surface area contributed by atoms with Gasteiger partial charge in [0.05, 0.1) is 13.0 Å². The first-order valence-corrected chi connectivity index (χ1v) is 37.0. The van der Waals surface area contributed by atoms with Crippen molar-refractivity contribution in [3.05, 3.63) is 131 Å². The number of fused-ring (bicyclic) bond motifs is 5. The molecule has 4 aromatic rings. The maximum atomic E-state index is 15.1. The highest BCUT2D eigenvalue weighted by atomic mass is 16.5. The second-order valence-electron chi connectivity index (χ2n) is 28.1. The van der Waals surface area contributed by atoms with E-state index in [0.717, 1.165) is 44.2 Å². The Morgan fingerprint density at radius 3 is 1.88 bits per heavy atom. The zero-order valence-corrected chi connectivity index (χ0v) is 63.5. The summed E-state index contributed by atoms with van der Waals surface area (Å²) < 4.78 is 5.64. The lowest BCUT2D eigenvalue weighted by Crippen LogP contribution is -2.61.